The second-order valence-corrected chi connectivity index (χ2v) is 6.59. The Kier molecular flexibility index (Phi) is 4.88. The molecule has 0 saturated carbocycles. The Balaban J connectivity index is 1.61. The minimum Gasteiger partial charge on any atom is -0.339 e. The lowest BCUT2D eigenvalue weighted by Crippen LogP contribution is -2.50. The quantitative estimate of drug-likeness (QED) is 0.918. The van der Waals surface area contributed by atoms with Gasteiger partial charge in [-0.25, -0.2) is 0 Å². The zero-order valence-corrected chi connectivity index (χ0v) is 14.7. The summed E-state index contributed by atoms with van der Waals surface area (Å²) in [6, 6.07) is 7.79. The Bertz CT molecular complexity index is 864. The van der Waals surface area contributed by atoms with Crippen molar-refractivity contribution in [1.82, 2.24) is 14.8 Å². The van der Waals surface area contributed by atoms with Crippen LogP contribution in [-0.4, -0.2) is 52.8 Å². The van der Waals surface area contributed by atoms with E-state index in [9.17, 15) is 14.4 Å². The molecule has 1 aliphatic rings. The van der Waals surface area contributed by atoms with Gasteiger partial charge in [0.15, 0.2) is 0 Å². The van der Waals surface area contributed by atoms with E-state index in [1.54, 1.807) is 18.7 Å². The van der Waals surface area contributed by atoms with Gasteiger partial charge in [0, 0.05) is 50.6 Å². The van der Waals surface area contributed by atoms with Gasteiger partial charge in [-0.05, 0) is 36.4 Å². The van der Waals surface area contributed by atoms with E-state index in [0.717, 1.165) is 16.5 Å². The van der Waals surface area contributed by atoms with Crippen molar-refractivity contribution in [2.45, 2.75) is 26.7 Å². The van der Waals surface area contributed by atoms with E-state index in [4.69, 9.17) is 0 Å². The van der Waals surface area contributed by atoms with E-state index in [1.165, 1.54) is 0 Å². The van der Waals surface area contributed by atoms with Crippen LogP contribution in [0.25, 0.3) is 10.9 Å². The largest absolute Gasteiger partial charge is 0.339 e. The summed E-state index contributed by atoms with van der Waals surface area (Å²) < 4.78 is 0. The van der Waals surface area contributed by atoms with Crippen LogP contribution >= 0.6 is 0 Å². The fourth-order valence-corrected chi connectivity index (χ4v) is 3.19. The first-order valence-corrected chi connectivity index (χ1v) is 8.60. The number of hydrogen-bond donors (Lipinski definition) is 1. The Hall–Kier alpha value is -2.63. The summed E-state index contributed by atoms with van der Waals surface area (Å²) in [5, 5.41) is 0.993. The van der Waals surface area contributed by atoms with Gasteiger partial charge in [0.2, 0.25) is 11.8 Å². The zero-order chi connectivity index (χ0) is 18.0. The number of carbonyl (C=O) groups is 2. The molecule has 2 amide bonds. The number of nitrogens with one attached hydrogen (secondary N) is 1. The summed E-state index contributed by atoms with van der Waals surface area (Å²) >= 11 is 0. The highest BCUT2D eigenvalue weighted by Crippen LogP contribution is 2.15. The first-order chi connectivity index (χ1) is 11.9. The van der Waals surface area contributed by atoms with Crippen molar-refractivity contribution in [1.29, 1.82) is 0 Å². The smallest absolute Gasteiger partial charge is 0.251 e. The third-order valence-corrected chi connectivity index (χ3v) is 4.80. The number of rotatable bonds is 3. The molecule has 6 nitrogen and oxygen atoms in total. The van der Waals surface area contributed by atoms with Crippen LogP contribution < -0.4 is 5.56 Å². The fraction of sp³-hybridized carbons (Fsp3) is 0.421. The molecule has 1 aliphatic heterocycles. The number of benzene rings is 1. The number of nitrogens with zero attached hydrogens (tertiary/aromatic N) is 2. The molecule has 0 bridgehead atoms. The molecule has 6 heteroatoms. The predicted molar refractivity (Wildman–Crippen MR) is 96.5 cm³/mol. The number of hydrogen-bond acceptors (Lipinski definition) is 3. The number of fused-ring (bicyclic) bond motifs is 1. The molecule has 1 fully saturated rings. The van der Waals surface area contributed by atoms with Crippen molar-refractivity contribution >= 4 is 22.7 Å². The van der Waals surface area contributed by atoms with Gasteiger partial charge in [-0.15, -0.1) is 0 Å². The van der Waals surface area contributed by atoms with Crippen molar-refractivity contribution in [3.8, 4) is 0 Å². The molecule has 1 saturated heterocycles. The van der Waals surface area contributed by atoms with Crippen molar-refractivity contribution < 1.29 is 9.59 Å². The van der Waals surface area contributed by atoms with Gasteiger partial charge < -0.3 is 14.8 Å². The minimum atomic E-state index is -0.0796. The SMILES string of the molecule is CC(=O)N1CCN(C(=O)CCc2ccc3cc(C)c(=O)[nH]c3c2)CC1. The number of pyridine rings is 1. The normalized spacial score (nSPS) is 14.8. The minimum absolute atomic E-state index is 0.0625. The van der Waals surface area contributed by atoms with Gasteiger partial charge in [0.25, 0.3) is 5.56 Å². The molecule has 0 radical (unpaired) electrons. The maximum Gasteiger partial charge on any atom is 0.251 e. The van der Waals surface area contributed by atoms with Gasteiger partial charge in [-0.3, -0.25) is 14.4 Å². The average Bonchev–Trinajstić information content (AvgIpc) is 2.60. The molecule has 3 rings (SSSR count). The second-order valence-electron chi connectivity index (χ2n) is 6.59. The van der Waals surface area contributed by atoms with Crippen LogP contribution in [0.4, 0.5) is 0 Å². The summed E-state index contributed by atoms with van der Waals surface area (Å²) in [7, 11) is 0. The maximum atomic E-state index is 12.4. The Morgan fingerprint density at radius 2 is 1.76 bits per heavy atom. The van der Waals surface area contributed by atoms with E-state index in [2.05, 4.69) is 4.98 Å². The van der Waals surface area contributed by atoms with Crippen LogP contribution in [0.5, 0.6) is 0 Å². The van der Waals surface area contributed by atoms with E-state index < -0.39 is 0 Å². The summed E-state index contributed by atoms with van der Waals surface area (Å²) in [4.78, 5) is 41.9. The summed E-state index contributed by atoms with van der Waals surface area (Å²) in [5.41, 5.74) is 2.45. The van der Waals surface area contributed by atoms with Crippen LogP contribution in [0.2, 0.25) is 0 Å². The number of aryl methyl sites for hydroxylation is 2. The molecule has 0 aliphatic carbocycles. The van der Waals surface area contributed by atoms with Gasteiger partial charge in [0.05, 0.1) is 0 Å². The molecule has 132 valence electrons. The number of aromatic amines is 1. The molecule has 0 atom stereocenters. The highest BCUT2D eigenvalue weighted by atomic mass is 16.2. The third-order valence-electron chi connectivity index (χ3n) is 4.80. The highest BCUT2D eigenvalue weighted by molar-refractivity contribution is 5.80. The summed E-state index contributed by atoms with van der Waals surface area (Å²) in [6.07, 6.45) is 1.07. The van der Waals surface area contributed by atoms with E-state index >= 15 is 0 Å². The van der Waals surface area contributed by atoms with Crippen LogP contribution in [0.1, 0.15) is 24.5 Å². The Labute approximate surface area is 146 Å². The van der Waals surface area contributed by atoms with Crippen LogP contribution in [0.3, 0.4) is 0 Å². The van der Waals surface area contributed by atoms with E-state index in [1.807, 2.05) is 29.2 Å². The molecule has 2 heterocycles. The van der Waals surface area contributed by atoms with Gasteiger partial charge in [-0.1, -0.05) is 12.1 Å². The number of H-pyrrole nitrogens is 1. The average molecular weight is 341 g/mol. The molecule has 1 N–H and O–H groups in total. The molecule has 1 aromatic heterocycles. The van der Waals surface area contributed by atoms with Crippen LogP contribution in [0.15, 0.2) is 29.1 Å². The molecular weight excluding hydrogens is 318 g/mol. The lowest BCUT2D eigenvalue weighted by Gasteiger charge is -2.34. The summed E-state index contributed by atoms with van der Waals surface area (Å²) in [5.74, 6) is 0.174. The molecule has 1 aromatic carbocycles. The third kappa shape index (κ3) is 3.90. The lowest BCUT2D eigenvalue weighted by atomic mass is 10.1. The zero-order valence-electron chi connectivity index (χ0n) is 14.7. The molecule has 0 spiro atoms. The highest BCUT2D eigenvalue weighted by Gasteiger charge is 2.21. The monoisotopic (exact) mass is 341 g/mol. The van der Waals surface area contributed by atoms with Gasteiger partial charge >= 0.3 is 0 Å². The van der Waals surface area contributed by atoms with E-state index in [0.29, 0.717) is 44.6 Å². The van der Waals surface area contributed by atoms with Crippen molar-refractivity contribution in [2.24, 2.45) is 0 Å². The van der Waals surface area contributed by atoms with Crippen molar-refractivity contribution in [3.63, 3.8) is 0 Å². The topological polar surface area (TPSA) is 73.5 Å². The standard InChI is InChI=1S/C19H23N3O3/c1-13-11-16-5-3-15(12-17(16)20-19(13)25)4-6-18(24)22-9-7-21(8-10-22)14(2)23/h3,5,11-12H,4,6-10H2,1-2H3,(H,20,25). The molecular formula is C19H23N3O3. The number of carbonyl (C=O) groups excluding carboxylic acids is 2. The van der Waals surface area contributed by atoms with E-state index in [-0.39, 0.29) is 17.4 Å². The second kappa shape index (κ2) is 7.09. The number of aromatic nitrogens is 1. The predicted octanol–water partition coefficient (Wildman–Crippen LogP) is 1.46. The summed E-state index contributed by atoms with van der Waals surface area (Å²) in [6.45, 7) is 5.76. The Morgan fingerprint density at radius 3 is 2.44 bits per heavy atom. The lowest BCUT2D eigenvalue weighted by molar-refractivity contribution is -0.138. The van der Waals surface area contributed by atoms with Gasteiger partial charge in [0.1, 0.15) is 0 Å². The fourth-order valence-electron chi connectivity index (χ4n) is 3.19. The maximum absolute atomic E-state index is 12.4. The van der Waals surface area contributed by atoms with Crippen molar-refractivity contribution in [3.05, 3.63) is 45.7 Å². The van der Waals surface area contributed by atoms with Crippen LogP contribution in [0, 0.1) is 6.92 Å². The molecule has 25 heavy (non-hydrogen) atoms. The van der Waals surface area contributed by atoms with Crippen molar-refractivity contribution in [2.75, 3.05) is 26.2 Å². The first-order valence-electron chi connectivity index (χ1n) is 8.60. The molecule has 0 unspecified atom stereocenters. The number of amides is 2. The first kappa shape index (κ1) is 17.2. The molecule has 2 aromatic rings. The Morgan fingerprint density at radius 1 is 1.08 bits per heavy atom. The number of piperazine rings is 1. The van der Waals surface area contributed by atoms with Gasteiger partial charge in [-0.2, -0.15) is 0 Å². The van der Waals surface area contributed by atoms with Crippen LogP contribution in [-0.2, 0) is 16.0 Å².